The van der Waals surface area contributed by atoms with Crippen molar-refractivity contribution in [3.8, 4) is 0 Å². The first-order chi connectivity index (χ1) is 14.5. The number of benzene rings is 2. The molecule has 0 aliphatic carbocycles. The number of aryl methyl sites for hydroxylation is 1. The lowest BCUT2D eigenvalue weighted by molar-refractivity contribution is 0.0730. The summed E-state index contributed by atoms with van der Waals surface area (Å²) in [6.07, 6.45) is 0.994. The van der Waals surface area contributed by atoms with Crippen LogP contribution < -0.4 is 10.0 Å². The Bertz CT molecular complexity index is 1210. The number of hydrogen-bond donors (Lipinski definition) is 2. The van der Waals surface area contributed by atoms with Crippen LogP contribution in [0.3, 0.4) is 0 Å². The molecule has 0 radical (unpaired) electrons. The van der Waals surface area contributed by atoms with Crippen molar-refractivity contribution in [2.75, 3.05) is 42.6 Å². The van der Waals surface area contributed by atoms with Crippen molar-refractivity contribution in [1.29, 1.82) is 0 Å². The summed E-state index contributed by atoms with van der Waals surface area (Å²) in [4.78, 5) is 12.4. The minimum atomic E-state index is -3.91. The summed E-state index contributed by atoms with van der Waals surface area (Å²) >= 11 is 0. The zero-order valence-electron chi connectivity index (χ0n) is 16.9. The van der Waals surface area contributed by atoms with E-state index in [1.165, 1.54) is 16.4 Å². The maximum absolute atomic E-state index is 14.3. The Labute approximate surface area is 180 Å². The smallest absolute Gasteiger partial charge is 0.258 e. The molecule has 168 valence electrons. The molecule has 0 saturated carbocycles. The van der Waals surface area contributed by atoms with E-state index in [4.69, 9.17) is 4.74 Å². The third-order valence-electron chi connectivity index (χ3n) is 4.58. The highest BCUT2D eigenvalue weighted by Gasteiger charge is 2.28. The van der Waals surface area contributed by atoms with Gasteiger partial charge in [-0.2, -0.15) is 4.31 Å². The van der Waals surface area contributed by atoms with Crippen molar-refractivity contribution in [1.82, 2.24) is 4.31 Å². The lowest BCUT2D eigenvalue weighted by Gasteiger charge is -2.26. The normalized spacial score (nSPS) is 15.5. The van der Waals surface area contributed by atoms with Gasteiger partial charge in [0, 0.05) is 18.8 Å². The van der Waals surface area contributed by atoms with Crippen LogP contribution >= 0.6 is 0 Å². The second-order valence-corrected chi connectivity index (χ2v) is 10.7. The van der Waals surface area contributed by atoms with Crippen molar-refractivity contribution in [3.63, 3.8) is 0 Å². The van der Waals surface area contributed by atoms with Gasteiger partial charge in [-0.15, -0.1) is 0 Å². The number of ether oxygens (including phenoxy) is 1. The predicted octanol–water partition coefficient (Wildman–Crippen LogP) is 1.78. The molecular formula is C19H22FN3O6S2. The number of amides is 1. The molecule has 1 amide bonds. The molecule has 1 heterocycles. The van der Waals surface area contributed by atoms with E-state index in [-0.39, 0.29) is 42.6 Å². The third-order valence-corrected chi connectivity index (χ3v) is 7.07. The van der Waals surface area contributed by atoms with Gasteiger partial charge in [0.05, 0.1) is 35.6 Å². The maximum atomic E-state index is 14.3. The van der Waals surface area contributed by atoms with Crippen molar-refractivity contribution in [2.45, 2.75) is 11.8 Å². The van der Waals surface area contributed by atoms with Crippen LogP contribution in [0.5, 0.6) is 0 Å². The van der Waals surface area contributed by atoms with Gasteiger partial charge in [-0.1, -0.05) is 6.07 Å². The molecule has 0 bridgehead atoms. The van der Waals surface area contributed by atoms with E-state index < -0.39 is 37.3 Å². The van der Waals surface area contributed by atoms with Crippen molar-refractivity contribution >= 4 is 37.3 Å². The average molecular weight is 472 g/mol. The first-order valence-corrected chi connectivity index (χ1v) is 12.6. The summed E-state index contributed by atoms with van der Waals surface area (Å²) in [6, 6.07) is 7.51. The number of nitrogens with zero attached hydrogens (tertiary/aromatic N) is 1. The number of anilines is 2. The Kier molecular flexibility index (Phi) is 6.65. The second-order valence-electron chi connectivity index (χ2n) is 7.02. The molecule has 0 unspecified atom stereocenters. The molecule has 31 heavy (non-hydrogen) atoms. The van der Waals surface area contributed by atoms with E-state index in [0.717, 1.165) is 24.5 Å². The number of carbonyl (C=O) groups is 1. The molecule has 12 heteroatoms. The SMILES string of the molecule is Cc1ccc(NC(=O)c2cc(S(=O)(=O)N3CCOCC3)ccc2F)cc1NS(C)(=O)=O. The fraction of sp³-hybridized carbons (Fsp3) is 0.316. The second kappa shape index (κ2) is 8.91. The van der Waals surface area contributed by atoms with Crippen LogP contribution in [0, 0.1) is 12.7 Å². The van der Waals surface area contributed by atoms with E-state index in [0.29, 0.717) is 5.56 Å². The quantitative estimate of drug-likeness (QED) is 0.662. The highest BCUT2D eigenvalue weighted by atomic mass is 32.2. The van der Waals surface area contributed by atoms with E-state index in [1.807, 2.05) is 0 Å². The highest BCUT2D eigenvalue weighted by molar-refractivity contribution is 7.92. The molecule has 1 fully saturated rings. The summed E-state index contributed by atoms with van der Waals surface area (Å²) in [6.45, 7) is 2.52. The zero-order valence-corrected chi connectivity index (χ0v) is 18.5. The van der Waals surface area contributed by atoms with Crippen LogP contribution in [0.25, 0.3) is 0 Å². The van der Waals surface area contributed by atoms with Gasteiger partial charge >= 0.3 is 0 Å². The Hall–Kier alpha value is -2.54. The molecule has 0 aromatic heterocycles. The van der Waals surface area contributed by atoms with Crippen molar-refractivity contribution < 1.29 is 30.8 Å². The van der Waals surface area contributed by atoms with Gasteiger partial charge in [-0.3, -0.25) is 9.52 Å². The number of rotatable bonds is 6. The van der Waals surface area contributed by atoms with Gasteiger partial charge < -0.3 is 10.1 Å². The van der Waals surface area contributed by atoms with E-state index in [1.54, 1.807) is 13.0 Å². The lowest BCUT2D eigenvalue weighted by atomic mass is 10.1. The number of morpholine rings is 1. The van der Waals surface area contributed by atoms with E-state index in [9.17, 15) is 26.0 Å². The minimum absolute atomic E-state index is 0.167. The molecule has 1 saturated heterocycles. The summed E-state index contributed by atoms with van der Waals surface area (Å²) in [5, 5.41) is 2.47. The molecule has 2 N–H and O–H groups in total. The number of sulfonamides is 2. The Morgan fingerprint density at radius 2 is 1.74 bits per heavy atom. The molecule has 1 aliphatic rings. The number of halogens is 1. The van der Waals surface area contributed by atoms with Crippen LogP contribution in [0.4, 0.5) is 15.8 Å². The van der Waals surface area contributed by atoms with E-state index >= 15 is 0 Å². The molecular weight excluding hydrogens is 449 g/mol. The van der Waals surface area contributed by atoms with Gasteiger partial charge in [-0.25, -0.2) is 21.2 Å². The summed E-state index contributed by atoms with van der Waals surface area (Å²) in [5.74, 6) is -1.76. The van der Waals surface area contributed by atoms with Crippen molar-refractivity contribution in [3.05, 3.63) is 53.3 Å². The lowest BCUT2D eigenvalue weighted by Crippen LogP contribution is -2.40. The highest BCUT2D eigenvalue weighted by Crippen LogP contribution is 2.24. The van der Waals surface area contributed by atoms with Gasteiger partial charge in [-0.05, 0) is 42.8 Å². The molecule has 0 spiro atoms. The fourth-order valence-electron chi connectivity index (χ4n) is 2.98. The largest absolute Gasteiger partial charge is 0.379 e. The molecule has 2 aromatic rings. The third kappa shape index (κ3) is 5.58. The van der Waals surface area contributed by atoms with Gasteiger partial charge in [0.15, 0.2) is 0 Å². The van der Waals surface area contributed by atoms with Crippen LogP contribution in [-0.4, -0.2) is 59.6 Å². The molecule has 1 aliphatic heterocycles. The fourth-order valence-corrected chi connectivity index (χ4v) is 5.04. The summed E-state index contributed by atoms with van der Waals surface area (Å²) in [7, 11) is -7.45. The first-order valence-electron chi connectivity index (χ1n) is 9.24. The molecule has 0 atom stereocenters. The van der Waals surface area contributed by atoms with Gasteiger partial charge in [0.25, 0.3) is 5.91 Å². The Balaban J connectivity index is 1.87. The van der Waals surface area contributed by atoms with Crippen LogP contribution in [0.15, 0.2) is 41.3 Å². The first kappa shape index (κ1) is 23.1. The average Bonchev–Trinajstić information content (AvgIpc) is 2.70. The number of hydrogen-bond acceptors (Lipinski definition) is 6. The minimum Gasteiger partial charge on any atom is -0.379 e. The molecule has 9 nitrogen and oxygen atoms in total. The standard InChI is InChI=1S/C19H22FN3O6S2/c1-13-3-4-14(11-18(13)22-30(2,25)26)21-19(24)16-12-15(5-6-17(16)20)31(27,28)23-7-9-29-10-8-23/h3-6,11-12,22H,7-10H2,1-2H3,(H,21,24). The molecule has 3 rings (SSSR count). The Morgan fingerprint density at radius 3 is 2.39 bits per heavy atom. The van der Waals surface area contributed by atoms with Crippen LogP contribution in [0.1, 0.15) is 15.9 Å². The topological polar surface area (TPSA) is 122 Å². The van der Waals surface area contributed by atoms with Crippen LogP contribution in [0.2, 0.25) is 0 Å². The summed E-state index contributed by atoms with van der Waals surface area (Å²) < 4.78 is 71.6. The maximum Gasteiger partial charge on any atom is 0.258 e. The number of nitrogens with one attached hydrogen (secondary N) is 2. The monoisotopic (exact) mass is 471 g/mol. The van der Waals surface area contributed by atoms with Gasteiger partial charge in [0.1, 0.15) is 5.82 Å². The molecule has 2 aromatic carbocycles. The number of carbonyl (C=O) groups excluding carboxylic acids is 1. The predicted molar refractivity (Wildman–Crippen MR) is 114 cm³/mol. The van der Waals surface area contributed by atoms with E-state index in [2.05, 4.69) is 10.0 Å². The van der Waals surface area contributed by atoms with Gasteiger partial charge in [0.2, 0.25) is 20.0 Å². The summed E-state index contributed by atoms with van der Waals surface area (Å²) in [5.41, 5.74) is 0.632. The zero-order chi connectivity index (χ0) is 22.8. The van der Waals surface area contributed by atoms with Crippen molar-refractivity contribution in [2.24, 2.45) is 0 Å². The Morgan fingerprint density at radius 1 is 1.06 bits per heavy atom. The van der Waals surface area contributed by atoms with Crippen LogP contribution in [-0.2, 0) is 24.8 Å².